The molecular weight excluding hydrogens is 1380 g/mol. The Morgan fingerprint density at radius 2 is 1.16 bits per heavy atom. The van der Waals surface area contributed by atoms with Gasteiger partial charge in [-0.25, -0.2) is 8.78 Å². The van der Waals surface area contributed by atoms with Crippen LogP contribution in [-0.2, 0) is 57.5 Å². The minimum atomic E-state index is -5.20. The fourth-order valence-corrected chi connectivity index (χ4v) is 17.0. The van der Waals surface area contributed by atoms with Gasteiger partial charge in [-0.15, -0.1) is 0 Å². The van der Waals surface area contributed by atoms with Crippen LogP contribution in [0.5, 0.6) is 0 Å². The van der Waals surface area contributed by atoms with Crippen molar-refractivity contribution in [2.24, 2.45) is 35.5 Å². The van der Waals surface area contributed by atoms with E-state index in [9.17, 15) is 55.1 Å². The van der Waals surface area contributed by atoms with Gasteiger partial charge in [-0.1, -0.05) is 40.0 Å². The van der Waals surface area contributed by atoms with Crippen LogP contribution < -0.4 is 16.0 Å². The molecule has 0 aromatic heterocycles. The van der Waals surface area contributed by atoms with E-state index in [-0.39, 0.29) is 96.7 Å². The molecule has 7 fully saturated rings. The summed E-state index contributed by atoms with van der Waals surface area (Å²) in [6.07, 6.45) is -13.6. The molecule has 588 valence electrons. The Labute approximate surface area is 605 Å². The maximum absolute atomic E-state index is 15.6. The molecule has 1 spiro atoms. The molecule has 2 bridgehead atoms. The van der Waals surface area contributed by atoms with Crippen molar-refractivity contribution in [2.75, 3.05) is 82.1 Å². The average molecular weight is 1490 g/mol. The highest BCUT2D eigenvalue weighted by Crippen LogP contribution is 2.46. The molecule has 4 saturated carbocycles. The van der Waals surface area contributed by atoms with Gasteiger partial charge >= 0.3 is 12.4 Å². The van der Waals surface area contributed by atoms with Crippen LogP contribution in [0.4, 0.5) is 35.1 Å². The molecule has 7 rings (SSSR count). The third-order valence-electron chi connectivity index (χ3n) is 23.7. The van der Waals surface area contributed by atoms with Gasteiger partial charge in [-0.3, -0.25) is 57.5 Å². The molecule has 24 nitrogen and oxygen atoms in total. The number of piperidine rings is 1. The van der Waals surface area contributed by atoms with Crippen molar-refractivity contribution in [3.8, 4) is 0 Å². The Bertz CT molecular complexity index is 3060. The number of carbonyl (C=O) groups excluding carboxylic acids is 12. The molecule has 104 heavy (non-hydrogen) atoms. The van der Waals surface area contributed by atoms with Crippen LogP contribution in [0.3, 0.4) is 0 Å². The first-order chi connectivity index (χ1) is 48.8. The molecule has 11 atom stereocenters. The summed E-state index contributed by atoms with van der Waals surface area (Å²) in [6.45, 7) is 5.00. The van der Waals surface area contributed by atoms with Crippen molar-refractivity contribution >= 4 is 70.9 Å². The van der Waals surface area contributed by atoms with Gasteiger partial charge in [0.15, 0.2) is 0 Å². The molecule has 3 saturated heterocycles. The lowest BCUT2D eigenvalue weighted by Gasteiger charge is -2.47. The van der Waals surface area contributed by atoms with E-state index in [0.717, 1.165) is 19.6 Å². The molecule has 32 heteroatoms. The van der Waals surface area contributed by atoms with Crippen LogP contribution in [0, 0.1) is 35.5 Å². The first kappa shape index (κ1) is 84.3. The zero-order valence-electron chi connectivity index (χ0n) is 62.4. The molecule has 3 aliphatic heterocycles. The number of nitrogens with one attached hydrogen (secondary N) is 3. The summed E-state index contributed by atoms with van der Waals surface area (Å²) in [5.41, 5.74) is -1.64. The monoisotopic (exact) mass is 1490 g/mol. The van der Waals surface area contributed by atoms with Crippen molar-refractivity contribution in [2.45, 2.75) is 267 Å². The first-order valence-electron chi connectivity index (χ1n) is 37.6. The van der Waals surface area contributed by atoms with E-state index in [1.54, 1.807) is 27.7 Å². The number of rotatable bonds is 11. The minimum Gasteiger partial charge on any atom is -0.347 e. The Morgan fingerprint density at radius 1 is 0.587 bits per heavy atom. The fraction of sp³-hybridized carbons (Fsp3) is 0.833. The molecule has 7 aliphatic rings. The summed E-state index contributed by atoms with van der Waals surface area (Å²) >= 11 is 0. The maximum Gasteiger partial charge on any atom is 0.397 e. The van der Waals surface area contributed by atoms with Gasteiger partial charge in [0, 0.05) is 69.0 Å². The SMILES string of the molecule is CC[C@H](C)[C@@H]1NC(=O)[C@H](CC)N(C)C(=O)C[C@@H](C(=O)N(C)C)N(CC)C(=O)[C@H](C2CCCC2)N(C)C(=O)C2(CCC2)NC(=O)[C@@H]2CCCCN2C(=O)[C@H](CCC2CC(F)C(C(F)(F)F)C(F)C2)NC(=O)CN(C)C(=O)[C@H](CC2CCC(C(F)(F)F)CC2)N2CCCC[C@@H](C2=O)N(C)C(=O)CN(C)C1=O. The van der Waals surface area contributed by atoms with Gasteiger partial charge in [0.1, 0.15) is 72.1 Å². The van der Waals surface area contributed by atoms with E-state index < -0.39 is 224 Å². The van der Waals surface area contributed by atoms with Crippen LogP contribution in [0.1, 0.15) is 188 Å². The smallest absolute Gasteiger partial charge is 0.347 e. The fourth-order valence-electron chi connectivity index (χ4n) is 17.0. The Balaban J connectivity index is 1.30. The highest BCUT2D eigenvalue weighted by atomic mass is 19.4. The number of hydrogen-bond acceptors (Lipinski definition) is 12. The molecule has 3 N–H and O–H groups in total. The average Bonchev–Trinajstić information content (AvgIpc) is 0.925. The molecule has 12 amide bonds. The summed E-state index contributed by atoms with van der Waals surface area (Å²) < 4.78 is 115. The van der Waals surface area contributed by atoms with E-state index >= 15 is 37.5 Å². The predicted octanol–water partition coefficient (Wildman–Crippen LogP) is 6.31. The minimum absolute atomic E-state index is 0.0114. The zero-order valence-corrected chi connectivity index (χ0v) is 62.4. The molecule has 3 heterocycles. The van der Waals surface area contributed by atoms with Gasteiger partial charge in [0.05, 0.1) is 25.4 Å². The molecule has 2 unspecified atom stereocenters. The second-order valence-corrected chi connectivity index (χ2v) is 30.8. The van der Waals surface area contributed by atoms with E-state index in [0.29, 0.717) is 57.8 Å². The number of carbonyl (C=O) groups is 12. The van der Waals surface area contributed by atoms with Crippen LogP contribution in [0.15, 0.2) is 0 Å². The quantitative estimate of drug-likeness (QED) is 0.192. The topological polar surface area (TPSA) is 270 Å². The third-order valence-corrected chi connectivity index (χ3v) is 23.7. The zero-order chi connectivity index (χ0) is 77.2. The number of hydrogen-bond donors (Lipinski definition) is 3. The van der Waals surface area contributed by atoms with Crippen molar-refractivity contribution in [1.29, 1.82) is 0 Å². The Kier molecular flexibility index (Phi) is 29.3. The number of amides is 12. The second-order valence-electron chi connectivity index (χ2n) is 30.8. The van der Waals surface area contributed by atoms with E-state index in [2.05, 4.69) is 16.0 Å². The molecule has 0 radical (unpaired) electrons. The predicted molar refractivity (Wildman–Crippen MR) is 366 cm³/mol. The molecule has 4 aliphatic carbocycles. The van der Waals surface area contributed by atoms with Gasteiger partial charge in [-0.2, -0.15) is 26.3 Å². The molecule has 0 aromatic carbocycles. The van der Waals surface area contributed by atoms with Gasteiger partial charge in [0.25, 0.3) is 0 Å². The highest BCUT2D eigenvalue weighted by molar-refractivity contribution is 6.01. The molecular formula is C72H112F8N12O12. The van der Waals surface area contributed by atoms with Gasteiger partial charge in [0.2, 0.25) is 70.9 Å². The van der Waals surface area contributed by atoms with Crippen LogP contribution >= 0.6 is 0 Å². The van der Waals surface area contributed by atoms with Gasteiger partial charge < -0.3 is 60.0 Å². The van der Waals surface area contributed by atoms with E-state index in [1.807, 2.05) is 0 Å². The van der Waals surface area contributed by atoms with Crippen molar-refractivity contribution in [1.82, 2.24) is 60.0 Å². The lowest BCUT2D eigenvalue weighted by molar-refractivity contribution is -0.219. The largest absolute Gasteiger partial charge is 0.397 e. The van der Waals surface area contributed by atoms with Crippen molar-refractivity contribution < 1.29 is 92.7 Å². The normalized spacial score (nSPS) is 31.8. The van der Waals surface area contributed by atoms with Crippen molar-refractivity contribution in [3.63, 3.8) is 0 Å². The van der Waals surface area contributed by atoms with Crippen molar-refractivity contribution in [3.05, 3.63) is 0 Å². The second kappa shape index (κ2) is 36.1. The number of nitrogens with zero attached hydrogens (tertiary/aromatic N) is 9. The lowest BCUT2D eigenvalue weighted by Crippen LogP contribution is -2.69. The lowest BCUT2D eigenvalue weighted by atomic mass is 9.74. The highest BCUT2D eigenvalue weighted by Gasteiger charge is 2.56. The van der Waals surface area contributed by atoms with Crippen LogP contribution in [0.25, 0.3) is 0 Å². The van der Waals surface area contributed by atoms with E-state index in [1.165, 1.54) is 73.8 Å². The van der Waals surface area contributed by atoms with Crippen LogP contribution in [0.2, 0.25) is 0 Å². The summed E-state index contributed by atoms with van der Waals surface area (Å²) in [7, 11) is 9.61. The third kappa shape index (κ3) is 19.8. The first-order valence-corrected chi connectivity index (χ1v) is 37.6. The maximum atomic E-state index is 15.6. The summed E-state index contributed by atoms with van der Waals surface area (Å²) in [6, 6.07) is -10.9. The van der Waals surface area contributed by atoms with E-state index in [4.69, 9.17) is 0 Å². The standard InChI is InChI=1S/C72H112F8N12O12/c1-12-42(4)59-67(102)86(8)41-57(95)88(10)52-25-18-20-35-92(66(52)101)53(38-43-26-29-46(30-27-43)71(75,76)77)65(100)85(7)40-55(93)81-49(31-28-44-36-47(73)58(48(74)37-44)72(78,79)80)63(98)91-34-19-17-24-51(91)62(97)83-70(32-21-33-70)69(104)89(11)60(45-22-15-16-23-45)68(103)90(14-3)54(64(99)84(5)6)39-56(94)87(9)50(13-2)61(96)82-59/h42-54,58-60H,12-41H2,1-11H3,(H,81,93)(H,82,96)(H,83,97)/t42-,43?,44?,46?,47?,48?,49-,50-,51-,52-,53-,54-,58?,59-,60-/m0/s1. The Morgan fingerprint density at radius 3 is 1.70 bits per heavy atom. The summed E-state index contributed by atoms with van der Waals surface area (Å²) in [4.78, 5) is 190. The number of halogens is 8. The summed E-state index contributed by atoms with van der Waals surface area (Å²) in [5.74, 6) is -16.2. The number of fused-ring (bicyclic) bond motifs is 3. The molecule has 0 aromatic rings. The van der Waals surface area contributed by atoms with Crippen LogP contribution in [-0.4, -0.2) is 276 Å². The summed E-state index contributed by atoms with van der Waals surface area (Å²) in [5, 5.41) is 8.41. The number of likely N-dealkylation sites (N-methyl/N-ethyl adjacent to an activating group) is 7. The van der Waals surface area contributed by atoms with Gasteiger partial charge in [-0.05, 0) is 165 Å². The number of alkyl halides is 8. The Hall–Kier alpha value is -6.92.